The van der Waals surface area contributed by atoms with E-state index in [1.807, 2.05) is 25.1 Å². The van der Waals surface area contributed by atoms with Crippen LogP contribution in [0.3, 0.4) is 0 Å². The number of amides is 1. The molecule has 3 aromatic rings. The highest BCUT2D eigenvalue weighted by Crippen LogP contribution is 2.26. The highest BCUT2D eigenvalue weighted by atomic mass is 16.5. The van der Waals surface area contributed by atoms with Gasteiger partial charge in [0, 0.05) is 18.3 Å². The number of pyridine rings is 1. The fourth-order valence-electron chi connectivity index (χ4n) is 2.32. The molecule has 0 unspecified atom stereocenters. The molecule has 1 amide bonds. The van der Waals surface area contributed by atoms with Crippen LogP contribution in [-0.2, 0) is 11.3 Å². The molecule has 0 aliphatic carbocycles. The van der Waals surface area contributed by atoms with Crippen molar-refractivity contribution in [2.45, 2.75) is 13.5 Å². The molecule has 0 aliphatic rings. The van der Waals surface area contributed by atoms with Crippen LogP contribution in [0, 0.1) is 0 Å². The first-order valence-corrected chi connectivity index (χ1v) is 8.18. The monoisotopic (exact) mass is 353 g/mol. The van der Waals surface area contributed by atoms with Gasteiger partial charge in [0.1, 0.15) is 12.7 Å². The largest absolute Gasteiger partial charge is 0.490 e. The molecule has 2 heterocycles. The van der Waals surface area contributed by atoms with Crippen molar-refractivity contribution in [3.63, 3.8) is 0 Å². The first-order valence-electron chi connectivity index (χ1n) is 8.18. The van der Waals surface area contributed by atoms with Gasteiger partial charge in [-0.1, -0.05) is 18.2 Å². The molecule has 8 nitrogen and oxygen atoms in total. The number of ether oxygens (including phenoxy) is 2. The van der Waals surface area contributed by atoms with Crippen LogP contribution in [0.15, 0.2) is 55.2 Å². The number of benzene rings is 1. The van der Waals surface area contributed by atoms with E-state index in [1.165, 1.54) is 6.33 Å². The van der Waals surface area contributed by atoms with Gasteiger partial charge in [-0.15, -0.1) is 0 Å². The van der Waals surface area contributed by atoms with Gasteiger partial charge in [0.2, 0.25) is 0 Å². The van der Waals surface area contributed by atoms with Crippen LogP contribution in [-0.4, -0.2) is 38.9 Å². The Hall–Kier alpha value is -3.42. The van der Waals surface area contributed by atoms with E-state index in [1.54, 1.807) is 35.4 Å². The van der Waals surface area contributed by atoms with Crippen molar-refractivity contribution in [2.24, 2.45) is 0 Å². The molecule has 0 fully saturated rings. The van der Waals surface area contributed by atoms with Crippen LogP contribution < -0.4 is 14.8 Å². The minimum atomic E-state index is -0.246. The minimum absolute atomic E-state index is 0.108. The van der Waals surface area contributed by atoms with E-state index < -0.39 is 0 Å². The molecule has 8 heteroatoms. The topological polar surface area (TPSA) is 91.2 Å². The second-order valence-electron chi connectivity index (χ2n) is 5.27. The predicted octanol–water partition coefficient (Wildman–Crippen LogP) is 1.76. The molecule has 1 aromatic carbocycles. The summed E-state index contributed by atoms with van der Waals surface area (Å²) >= 11 is 0. The summed E-state index contributed by atoms with van der Waals surface area (Å²) in [5.74, 6) is 1.52. The summed E-state index contributed by atoms with van der Waals surface area (Å²) in [5, 5.41) is 6.89. The summed E-state index contributed by atoms with van der Waals surface area (Å²) in [5.41, 5.74) is 0.820. The van der Waals surface area contributed by atoms with Gasteiger partial charge in [-0.25, -0.2) is 14.6 Å². The summed E-state index contributed by atoms with van der Waals surface area (Å²) in [6, 6.07) is 10.9. The van der Waals surface area contributed by atoms with E-state index in [0.29, 0.717) is 30.5 Å². The van der Waals surface area contributed by atoms with Crippen molar-refractivity contribution < 1.29 is 14.3 Å². The number of nitrogens with one attached hydrogen (secondary N) is 1. The average Bonchev–Trinajstić information content (AvgIpc) is 3.21. The van der Waals surface area contributed by atoms with Crippen molar-refractivity contribution in [3.05, 3.63) is 60.8 Å². The first-order chi connectivity index (χ1) is 12.8. The molecule has 0 aliphatic heterocycles. The van der Waals surface area contributed by atoms with Gasteiger partial charge >= 0.3 is 0 Å². The normalized spacial score (nSPS) is 10.3. The fourth-order valence-corrected chi connectivity index (χ4v) is 2.32. The smallest absolute Gasteiger partial charge is 0.258 e. The molecule has 0 radical (unpaired) electrons. The SMILES string of the molecule is CCOc1ccccc1OCC(=O)NCc1cccnc1-n1cncn1. The van der Waals surface area contributed by atoms with E-state index in [9.17, 15) is 4.79 Å². The van der Waals surface area contributed by atoms with Gasteiger partial charge < -0.3 is 14.8 Å². The Morgan fingerprint density at radius 2 is 1.96 bits per heavy atom. The number of rotatable bonds is 8. The second kappa shape index (κ2) is 8.61. The zero-order valence-corrected chi connectivity index (χ0v) is 14.3. The van der Waals surface area contributed by atoms with Gasteiger partial charge in [-0.2, -0.15) is 5.10 Å². The summed E-state index contributed by atoms with van der Waals surface area (Å²) in [4.78, 5) is 20.3. The minimum Gasteiger partial charge on any atom is -0.490 e. The first kappa shape index (κ1) is 17.4. The zero-order valence-electron chi connectivity index (χ0n) is 14.3. The quantitative estimate of drug-likeness (QED) is 0.663. The van der Waals surface area contributed by atoms with E-state index in [2.05, 4.69) is 20.4 Å². The van der Waals surface area contributed by atoms with Gasteiger partial charge in [-0.3, -0.25) is 4.79 Å². The van der Waals surface area contributed by atoms with Crippen LogP contribution in [0.4, 0.5) is 0 Å². The third-order valence-corrected chi connectivity index (χ3v) is 3.49. The third kappa shape index (κ3) is 4.35. The Morgan fingerprint density at radius 1 is 1.15 bits per heavy atom. The highest BCUT2D eigenvalue weighted by Gasteiger charge is 2.10. The maximum Gasteiger partial charge on any atom is 0.258 e. The predicted molar refractivity (Wildman–Crippen MR) is 94.1 cm³/mol. The number of nitrogens with zero attached hydrogens (tertiary/aromatic N) is 4. The van der Waals surface area contributed by atoms with Crippen molar-refractivity contribution in [2.75, 3.05) is 13.2 Å². The highest BCUT2D eigenvalue weighted by molar-refractivity contribution is 5.77. The fraction of sp³-hybridized carbons (Fsp3) is 0.222. The summed E-state index contributed by atoms with van der Waals surface area (Å²) < 4.78 is 12.6. The van der Waals surface area contributed by atoms with Crippen molar-refractivity contribution in [1.82, 2.24) is 25.1 Å². The van der Waals surface area contributed by atoms with E-state index in [4.69, 9.17) is 9.47 Å². The lowest BCUT2D eigenvalue weighted by atomic mass is 10.2. The van der Waals surface area contributed by atoms with Crippen molar-refractivity contribution >= 4 is 5.91 Å². The number of hydrogen-bond donors (Lipinski definition) is 1. The van der Waals surface area contributed by atoms with E-state index in [-0.39, 0.29) is 12.5 Å². The average molecular weight is 353 g/mol. The molecule has 134 valence electrons. The molecule has 0 saturated heterocycles. The number of hydrogen-bond acceptors (Lipinski definition) is 6. The van der Waals surface area contributed by atoms with E-state index in [0.717, 1.165) is 5.56 Å². The molecule has 0 saturated carbocycles. The Kier molecular flexibility index (Phi) is 5.76. The van der Waals surface area contributed by atoms with Crippen LogP contribution >= 0.6 is 0 Å². The van der Waals surface area contributed by atoms with Gasteiger partial charge in [-0.05, 0) is 25.1 Å². The Bertz CT molecular complexity index is 852. The summed E-state index contributed by atoms with van der Waals surface area (Å²) in [6.07, 6.45) is 4.65. The van der Waals surface area contributed by atoms with Gasteiger partial charge in [0.25, 0.3) is 5.91 Å². The molecule has 26 heavy (non-hydrogen) atoms. The number of para-hydroxylation sites is 2. The van der Waals surface area contributed by atoms with Crippen LogP contribution in [0.2, 0.25) is 0 Å². The Balaban J connectivity index is 1.57. The lowest BCUT2D eigenvalue weighted by molar-refractivity contribution is -0.123. The molecule has 0 spiro atoms. The lowest BCUT2D eigenvalue weighted by Crippen LogP contribution is -2.29. The Morgan fingerprint density at radius 3 is 2.69 bits per heavy atom. The number of carbonyl (C=O) groups excluding carboxylic acids is 1. The van der Waals surface area contributed by atoms with Crippen molar-refractivity contribution in [1.29, 1.82) is 0 Å². The van der Waals surface area contributed by atoms with Crippen LogP contribution in [0.25, 0.3) is 5.82 Å². The Labute approximate surface area is 150 Å². The molecule has 0 atom stereocenters. The molecule has 0 bridgehead atoms. The third-order valence-electron chi connectivity index (χ3n) is 3.49. The maximum atomic E-state index is 12.1. The van der Waals surface area contributed by atoms with E-state index >= 15 is 0 Å². The number of aromatic nitrogens is 4. The van der Waals surface area contributed by atoms with Crippen LogP contribution in [0.1, 0.15) is 12.5 Å². The maximum absolute atomic E-state index is 12.1. The molecular weight excluding hydrogens is 334 g/mol. The number of carbonyl (C=O) groups is 1. The van der Waals surface area contributed by atoms with Crippen molar-refractivity contribution in [3.8, 4) is 17.3 Å². The molecule has 3 rings (SSSR count). The molecule has 1 N–H and O–H groups in total. The zero-order chi connectivity index (χ0) is 18.2. The van der Waals surface area contributed by atoms with Gasteiger partial charge in [0.15, 0.2) is 23.9 Å². The molecule has 2 aromatic heterocycles. The van der Waals surface area contributed by atoms with Gasteiger partial charge in [0.05, 0.1) is 6.61 Å². The standard InChI is InChI=1S/C18H19N5O3/c1-2-25-15-7-3-4-8-16(15)26-11-17(24)21-10-14-6-5-9-20-18(14)23-13-19-12-22-23/h3-9,12-13H,2,10-11H2,1H3,(H,21,24). The molecular formula is C18H19N5O3. The lowest BCUT2D eigenvalue weighted by Gasteiger charge is -2.12. The second-order valence-corrected chi connectivity index (χ2v) is 5.27. The van der Waals surface area contributed by atoms with Crippen LogP contribution in [0.5, 0.6) is 11.5 Å². The summed E-state index contributed by atoms with van der Waals surface area (Å²) in [6.45, 7) is 2.62. The summed E-state index contributed by atoms with van der Waals surface area (Å²) in [7, 11) is 0.